The van der Waals surface area contributed by atoms with Gasteiger partial charge in [-0.2, -0.15) is 4.98 Å². The van der Waals surface area contributed by atoms with Crippen LogP contribution in [0.4, 0.5) is 0 Å². The number of imide groups is 1. The van der Waals surface area contributed by atoms with E-state index in [1.807, 2.05) is 0 Å². The van der Waals surface area contributed by atoms with Crippen LogP contribution in [0.15, 0.2) is 28.8 Å². The third kappa shape index (κ3) is 2.18. The zero-order chi connectivity index (χ0) is 14.4. The summed E-state index contributed by atoms with van der Waals surface area (Å²) in [4.78, 5) is 29.9. The topological polar surface area (TPSA) is 88.3 Å². The zero-order valence-electron chi connectivity index (χ0n) is 11.5. The van der Waals surface area contributed by atoms with Gasteiger partial charge in [-0.25, -0.2) is 0 Å². The van der Waals surface area contributed by atoms with Gasteiger partial charge in [0.15, 0.2) is 5.82 Å². The second-order valence-corrected chi connectivity index (χ2v) is 5.15. The molecule has 1 N–H and O–H groups in total. The van der Waals surface area contributed by atoms with Gasteiger partial charge in [0.1, 0.15) is 0 Å². The molecule has 1 aromatic heterocycles. The van der Waals surface area contributed by atoms with E-state index < -0.39 is 0 Å². The number of hydrogen-bond acceptors (Lipinski definition) is 6. The number of rotatable bonds is 3. The monoisotopic (exact) mass is 320 g/mol. The van der Waals surface area contributed by atoms with Crippen LogP contribution in [0.25, 0.3) is 0 Å². The molecule has 2 aliphatic heterocycles. The van der Waals surface area contributed by atoms with Gasteiger partial charge in [0, 0.05) is 13.1 Å². The van der Waals surface area contributed by atoms with E-state index in [4.69, 9.17) is 4.52 Å². The highest BCUT2D eigenvalue weighted by Gasteiger charge is 2.36. The van der Waals surface area contributed by atoms with Gasteiger partial charge in [-0.1, -0.05) is 17.3 Å². The molecule has 0 radical (unpaired) electrons. The highest BCUT2D eigenvalue weighted by Crippen LogP contribution is 2.24. The van der Waals surface area contributed by atoms with Crippen molar-refractivity contribution < 1.29 is 14.1 Å². The zero-order valence-corrected chi connectivity index (χ0v) is 12.3. The number of fused-ring (bicyclic) bond motifs is 1. The normalized spacial score (nSPS) is 17.2. The molecule has 2 aliphatic rings. The SMILES string of the molecule is Cl.O=C1c2ccccc2C(=O)N1Cc1noc(C2CNC2)n1. The number of halogens is 1. The van der Waals surface area contributed by atoms with Crippen LogP contribution in [-0.2, 0) is 6.54 Å². The van der Waals surface area contributed by atoms with E-state index in [0.29, 0.717) is 22.8 Å². The largest absolute Gasteiger partial charge is 0.339 e. The van der Waals surface area contributed by atoms with Crippen molar-refractivity contribution in [2.75, 3.05) is 13.1 Å². The quantitative estimate of drug-likeness (QED) is 0.848. The maximum Gasteiger partial charge on any atom is 0.261 e. The Bertz CT molecular complexity index is 706. The molecule has 1 aromatic carbocycles. The summed E-state index contributed by atoms with van der Waals surface area (Å²) in [5, 5.41) is 6.98. The molecule has 0 saturated carbocycles. The summed E-state index contributed by atoms with van der Waals surface area (Å²) in [6.07, 6.45) is 0. The average molecular weight is 321 g/mol. The maximum absolute atomic E-state index is 12.2. The lowest BCUT2D eigenvalue weighted by Gasteiger charge is -2.22. The molecule has 7 nitrogen and oxygen atoms in total. The van der Waals surface area contributed by atoms with E-state index in [1.165, 1.54) is 0 Å². The number of nitrogens with zero attached hydrogens (tertiary/aromatic N) is 3. The number of nitrogens with one attached hydrogen (secondary N) is 1. The Balaban J connectivity index is 0.00000144. The first-order valence-corrected chi connectivity index (χ1v) is 6.72. The third-order valence-electron chi connectivity index (χ3n) is 3.79. The maximum atomic E-state index is 12.2. The van der Waals surface area contributed by atoms with Gasteiger partial charge in [-0.05, 0) is 12.1 Å². The fourth-order valence-electron chi connectivity index (χ4n) is 2.48. The molecular formula is C14H13ClN4O3. The minimum Gasteiger partial charge on any atom is -0.339 e. The minimum absolute atomic E-state index is 0. The van der Waals surface area contributed by atoms with Gasteiger partial charge in [-0.3, -0.25) is 14.5 Å². The minimum atomic E-state index is -0.313. The first-order chi connectivity index (χ1) is 10.2. The Labute approximate surface area is 132 Å². The number of hydrogen-bond donors (Lipinski definition) is 1. The van der Waals surface area contributed by atoms with E-state index in [-0.39, 0.29) is 36.7 Å². The summed E-state index contributed by atoms with van der Waals surface area (Å²) in [5.41, 5.74) is 0.851. The lowest BCUT2D eigenvalue weighted by atomic mass is 10.0. The van der Waals surface area contributed by atoms with Crippen molar-refractivity contribution in [3.8, 4) is 0 Å². The van der Waals surface area contributed by atoms with Gasteiger partial charge in [0.05, 0.1) is 23.6 Å². The van der Waals surface area contributed by atoms with Crippen LogP contribution >= 0.6 is 12.4 Å². The second kappa shape index (κ2) is 5.51. The van der Waals surface area contributed by atoms with Crippen LogP contribution in [0.5, 0.6) is 0 Å². The Hall–Kier alpha value is -2.25. The van der Waals surface area contributed by atoms with Gasteiger partial charge in [0.2, 0.25) is 5.89 Å². The average Bonchev–Trinajstić information content (AvgIpc) is 2.97. The highest BCUT2D eigenvalue weighted by atomic mass is 35.5. The molecule has 4 rings (SSSR count). The van der Waals surface area contributed by atoms with E-state index in [9.17, 15) is 9.59 Å². The Morgan fingerprint density at radius 3 is 2.36 bits per heavy atom. The van der Waals surface area contributed by atoms with Crippen LogP contribution < -0.4 is 5.32 Å². The van der Waals surface area contributed by atoms with Crippen LogP contribution in [0.1, 0.15) is 38.3 Å². The van der Waals surface area contributed by atoms with E-state index in [1.54, 1.807) is 24.3 Å². The number of carbonyl (C=O) groups excluding carboxylic acids is 2. The van der Waals surface area contributed by atoms with Gasteiger partial charge in [-0.15, -0.1) is 12.4 Å². The summed E-state index contributed by atoms with van der Waals surface area (Å²) < 4.78 is 5.18. The van der Waals surface area contributed by atoms with Gasteiger partial charge >= 0.3 is 0 Å². The predicted molar refractivity (Wildman–Crippen MR) is 77.8 cm³/mol. The van der Waals surface area contributed by atoms with Crippen molar-refractivity contribution in [2.24, 2.45) is 0 Å². The molecule has 2 amide bonds. The molecule has 0 spiro atoms. The molecule has 22 heavy (non-hydrogen) atoms. The molecule has 0 aliphatic carbocycles. The molecule has 8 heteroatoms. The first-order valence-electron chi connectivity index (χ1n) is 6.72. The van der Waals surface area contributed by atoms with Gasteiger partial charge < -0.3 is 9.84 Å². The lowest BCUT2D eigenvalue weighted by Crippen LogP contribution is -2.40. The van der Waals surface area contributed by atoms with E-state index in [0.717, 1.165) is 18.0 Å². The highest BCUT2D eigenvalue weighted by molar-refractivity contribution is 6.21. The standard InChI is InChI=1S/C14H12N4O3.ClH/c19-13-9-3-1-2-4-10(9)14(20)18(13)7-11-16-12(21-17-11)8-5-15-6-8;/h1-4,8,15H,5-7H2;1H. The Kier molecular flexibility index (Phi) is 3.67. The Morgan fingerprint density at radius 2 is 1.82 bits per heavy atom. The van der Waals surface area contributed by atoms with Crippen molar-refractivity contribution in [3.05, 3.63) is 47.1 Å². The summed E-state index contributed by atoms with van der Waals surface area (Å²) in [7, 11) is 0. The van der Waals surface area contributed by atoms with Crippen molar-refractivity contribution in [1.29, 1.82) is 0 Å². The van der Waals surface area contributed by atoms with E-state index in [2.05, 4.69) is 15.5 Å². The molecule has 1 saturated heterocycles. The van der Waals surface area contributed by atoms with Crippen molar-refractivity contribution in [3.63, 3.8) is 0 Å². The summed E-state index contributed by atoms with van der Waals surface area (Å²) in [6.45, 7) is 1.67. The number of benzene rings is 1. The number of aromatic nitrogens is 2. The van der Waals surface area contributed by atoms with Crippen LogP contribution in [0.2, 0.25) is 0 Å². The van der Waals surface area contributed by atoms with Crippen molar-refractivity contribution >= 4 is 24.2 Å². The molecule has 0 bridgehead atoms. The molecular weight excluding hydrogens is 308 g/mol. The molecule has 0 atom stereocenters. The summed E-state index contributed by atoms with van der Waals surface area (Å²) in [5.74, 6) is 0.514. The molecule has 114 valence electrons. The number of carbonyl (C=O) groups is 2. The molecule has 2 aromatic rings. The third-order valence-corrected chi connectivity index (χ3v) is 3.79. The van der Waals surface area contributed by atoms with E-state index >= 15 is 0 Å². The smallest absolute Gasteiger partial charge is 0.261 e. The first kappa shape index (κ1) is 14.7. The molecule has 1 fully saturated rings. The number of amides is 2. The van der Waals surface area contributed by atoms with Crippen molar-refractivity contribution in [1.82, 2.24) is 20.4 Å². The van der Waals surface area contributed by atoms with Gasteiger partial charge in [0.25, 0.3) is 11.8 Å². The predicted octanol–water partition coefficient (Wildman–Crippen LogP) is 0.974. The van der Waals surface area contributed by atoms with Crippen LogP contribution in [0, 0.1) is 0 Å². The van der Waals surface area contributed by atoms with Crippen LogP contribution in [0.3, 0.4) is 0 Å². The Morgan fingerprint density at radius 1 is 1.18 bits per heavy atom. The van der Waals surface area contributed by atoms with Crippen LogP contribution in [-0.4, -0.2) is 39.9 Å². The fraction of sp³-hybridized carbons (Fsp3) is 0.286. The lowest BCUT2D eigenvalue weighted by molar-refractivity contribution is 0.0637. The summed E-state index contributed by atoms with van der Waals surface area (Å²) >= 11 is 0. The van der Waals surface area contributed by atoms with Crippen molar-refractivity contribution in [2.45, 2.75) is 12.5 Å². The second-order valence-electron chi connectivity index (χ2n) is 5.15. The fourth-order valence-corrected chi connectivity index (χ4v) is 2.48. The molecule has 0 unspecified atom stereocenters. The summed E-state index contributed by atoms with van der Waals surface area (Å²) in [6, 6.07) is 6.78. The molecule has 3 heterocycles.